The minimum Gasteiger partial charge on any atom is -0.382 e. The van der Waals surface area contributed by atoms with Crippen molar-refractivity contribution in [3.8, 4) is 6.07 Å². The second-order valence-electron chi connectivity index (χ2n) is 9.28. The van der Waals surface area contributed by atoms with Gasteiger partial charge in [0.25, 0.3) is 0 Å². The van der Waals surface area contributed by atoms with Crippen molar-refractivity contribution in [1.82, 2.24) is 4.90 Å². The van der Waals surface area contributed by atoms with Crippen LogP contribution in [0, 0.1) is 16.2 Å². The van der Waals surface area contributed by atoms with E-state index in [0.717, 1.165) is 74.7 Å². The predicted octanol–water partition coefficient (Wildman–Crippen LogP) is 5.86. The third kappa shape index (κ3) is 6.96. The average Bonchev–Trinajstić information content (AvgIpc) is 2.92. The highest BCUT2D eigenvalue weighted by Gasteiger charge is 2.34. The second kappa shape index (κ2) is 11.9. The Morgan fingerprint density at radius 3 is 2.35 bits per heavy atom. The fourth-order valence-corrected chi connectivity index (χ4v) is 5.03. The predicted molar refractivity (Wildman–Crippen MR) is 140 cm³/mol. The lowest BCUT2D eigenvalue weighted by Gasteiger charge is -2.38. The number of anilines is 2. The molecule has 2 fully saturated rings. The van der Waals surface area contributed by atoms with Gasteiger partial charge in [-0.15, -0.1) is 4.91 Å². The Morgan fingerprint density at radius 2 is 1.76 bits per heavy atom. The second-order valence-corrected chi connectivity index (χ2v) is 9.75. The van der Waals surface area contributed by atoms with Crippen LogP contribution < -0.4 is 10.2 Å². The van der Waals surface area contributed by atoms with E-state index in [-0.39, 0.29) is 12.1 Å². The summed E-state index contributed by atoms with van der Waals surface area (Å²) in [5.74, 6) is 0. The molecule has 2 aromatic rings. The Kier molecular flexibility index (Phi) is 8.61. The summed E-state index contributed by atoms with van der Waals surface area (Å²) in [4.78, 5) is 15.9. The molecule has 4 rings (SSSR count). The summed E-state index contributed by atoms with van der Waals surface area (Å²) in [5.41, 5.74) is 0.423. The van der Waals surface area contributed by atoms with Gasteiger partial charge in [0.15, 0.2) is 0 Å². The minimum absolute atomic E-state index is 0.0261. The number of nitrogens with zero attached hydrogens (tertiary/aromatic N) is 4. The first-order chi connectivity index (χ1) is 17.8. The van der Waals surface area contributed by atoms with Crippen LogP contribution in [0.25, 0.3) is 0 Å². The molecule has 196 valence electrons. The summed E-state index contributed by atoms with van der Waals surface area (Å²) in [6, 6.07) is 13.2. The van der Waals surface area contributed by atoms with Crippen molar-refractivity contribution in [2.45, 2.75) is 44.0 Å². The van der Waals surface area contributed by atoms with E-state index in [1.165, 1.54) is 6.07 Å². The number of thiocarbonyl (C=S) groups is 1. The molecule has 1 heterocycles. The Hall–Kier alpha value is -3.23. The molecule has 0 atom stereocenters. The van der Waals surface area contributed by atoms with Gasteiger partial charge in [-0.25, -0.2) is 0 Å². The number of alkyl halides is 3. The minimum atomic E-state index is -4.64. The molecule has 2 aliphatic rings. The Morgan fingerprint density at radius 1 is 1.08 bits per heavy atom. The number of ether oxygens (including phenoxy) is 1. The lowest BCUT2D eigenvalue weighted by Crippen LogP contribution is -2.49. The number of hydrogen-bond donors (Lipinski definition) is 1. The van der Waals surface area contributed by atoms with Crippen LogP contribution in [0.3, 0.4) is 0 Å². The van der Waals surface area contributed by atoms with E-state index in [9.17, 15) is 18.1 Å². The molecule has 7 nitrogen and oxygen atoms in total. The Balaban J connectivity index is 1.18. The first kappa shape index (κ1) is 26.8. The number of halogens is 3. The van der Waals surface area contributed by atoms with Gasteiger partial charge >= 0.3 is 6.18 Å². The molecule has 1 saturated heterocycles. The number of nitroso groups, excluding NO2 is 1. The Labute approximate surface area is 219 Å². The van der Waals surface area contributed by atoms with Gasteiger partial charge in [0, 0.05) is 43.6 Å². The van der Waals surface area contributed by atoms with Gasteiger partial charge in [0.1, 0.15) is 10.7 Å². The fourth-order valence-electron chi connectivity index (χ4n) is 4.78. The van der Waals surface area contributed by atoms with E-state index >= 15 is 0 Å². The number of nitrogens with one attached hydrogen (secondary N) is 1. The summed E-state index contributed by atoms with van der Waals surface area (Å²) in [7, 11) is 0. The van der Waals surface area contributed by atoms with E-state index < -0.39 is 17.4 Å². The van der Waals surface area contributed by atoms with Gasteiger partial charge < -0.3 is 19.9 Å². The fraction of sp³-hybridized carbons (Fsp3) is 0.462. The van der Waals surface area contributed by atoms with Crippen LogP contribution in [-0.2, 0) is 10.9 Å². The standard InChI is InChI=1S/C26H28F3N5O2S/c27-26(28,29)23-15-20(5-10-24(23)32-35)31-19-3-8-22(9-4-19)36-17-25(37)34-13-11-33(12-14-34)21-6-1-18(16-30)2-7-21/h1-2,5-7,10,15,19,22,31H,3-4,8-9,11-14,17H2. The lowest BCUT2D eigenvalue weighted by molar-refractivity contribution is -0.137. The molecule has 1 aliphatic carbocycles. The van der Waals surface area contributed by atoms with Gasteiger partial charge in [0.2, 0.25) is 0 Å². The summed E-state index contributed by atoms with van der Waals surface area (Å²) in [5, 5.41) is 14.6. The maximum atomic E-state index is 13.2. The summed E-state index contributed by atoms with van der Waals surface area (Å²) in [6.07, 6.45) is -1.49. The normalized spacial score (nSPS) is 20.3. The van der Waals surface area contributed by atoms with Crippen molar-refractivity contribution in [3.63, 3.8) is 0 Å². The number of piperazine rings is 1. The third-order valence-corrected chi connectivity index (χ3v) is 7.26. The molecule has 0 aromatic heterocycles. The van der Waals surface area contributed by atoms with E-state index in [1.807, 2.05) is 24.3 Å². The van der Waals surface area contributed by atoms with E-state index in [1.54, 1.807) is 0 Å². The smallest absolute Gasteiger partial charge is 0.382 e. The molecule has 1 saturated carbocycles. The lowest BCUT2D eigenvalue weighted by atomic mass is 9.92. The maximum absolute atomic E-state index is 13.2. The van der Waals surface area contributed by atoms with Crippen molar-refractivity contribution in [2.75, 3.05) is 43.0 Å². The van der Waals surface area contributed by atoms with Gasteiger partial charge in [-0.1, -0.05) is 12.2 Å². The third-order valence-electron chi connectivity index (χ3n) is 6.88. The zero-order valence-corrected chi connectivity index (χ0v) is 21.0. The van der Waals surface area contributed by atoms with Gasteiger partial charge in [0.05, 0.1) is 29.9 Å². The highest BCUT2D eigenvalue weighted by molar-refractivity contribution is 7.80. The van der Waals surface area contributed by atoms with E-state index in [4.69, 9.17) is 22.2 Å². The zero-order valence-electron chi connectivity index (χ0n) is 20.2. The van der Waals surface area contributed by atoms with E-state index in [2.05, 4.69) is 26.4 Å². The maximum Gasteiger partial charge on any atom is 0.418 e. The van der Waals surface area contributed by atoms with Crippen LogP contribution in [0.2, 0.25) is 0 Å². The number of hydrogen-bond acceptors (Lipinski definition) is 7. The van der Waals surface area contributed by atoms with Crippen molar-refractivity contribution >= 4 is 34.3 Å². The molecule has 0 spiro atoms. The van der Waals surface area contributed by atoms with Gasteiger partial charge in [-0.3, -0.25) is 0 Å². The first-order valence-electron chi connectivity index (χ1n) is 12.2. The SMILES string of the molecule is N#Cc1ccc(N2CCN(C(=S)COC3CCC(Nc4ccc(N=O)c(C(F)(F)F)c4)CC3)CC2)cc1. The molecule has 37 heavy (non-hydrogen) atoms. The highest BCUT2D eigenvalue weighted by atomic mass is 32.1. The molecule has 1 N–H and O–H groups in total. The molecule has 0 unspecified atom stereocenters. The molecular formula is C26H28F3N5O2S. The molecule has 0 amide bonds. The van der Waals surface area contributed by atoms with Gasteiger partial charge in [-0.05, 0) is 73.3 Å². The van der Waals surface area contributed by atoms with E-state index in [0.29, 0.717) is 17.9 Å². The molecule has 1 aliphatic heterocycles. The number of nitriles is 1. The van der Waals surface area contributed by atoms with Crippen molar-refractivity contribution in [1.29, 1.82) is 5.26 Å². The molecule has 0 radical (unpaired) electrons. The molecule has 11 heteroatoms. The van der Waals surface area contributed by atoms with Crippen LogP contribution in [-0.4, -0.2) is 54.8 Å². The zero-order chi connectivity index (χ0) is 26.4. The highest BCUT2D eigenvalue weighted by Crippen LogP contribution is 2.38. The molecule has 2 aromatic carbocycles. The number of rotatable bonds is 7. The monoisotopic (exact) mass is 531 g/mol. The molecular weight excluding hydrogens is 503 g/mol. The first-order valence-corrected chi connectivity index (χ1v) is 12.6. The summed E-state index contributed by atoms with van der Waals surface area (Å²) < 4.78 is 45.6. The quantitative estimate of drug-likeness (QED) is 0.354. The van der Waals surface area contributed by atoms with Crippen molar-refractivity contribution in [2.24, 2.45) is 5.18 Å². The van der Waals surface area contributed by atoms with Gasteiger partial charge in [-0.2, -0.15) is 18.4 Å². The van der Waals surface area contributed by atoms with Crippen molar-refractivity contribution in [3.05, 3.63) is 58.5 Å². The topological polar surface area (TPSA) is 81.0 Å². The largest absolute Gasteiger partial charge is 0.418 e. The Bertz CT molecular complexity index is 1140. The number of benzene rings is 2. The van der Waals surface area contributed by atoms with Crippen LogP contribution in [0.15, 0.2) is 47.6 Å². The van der Waals surface area contributed by atoms with Crippen LogP contribution in [0.1, 0.15) is 36.8 Å². The van der Waals surface area contributed by atoms with Crippen LogP contribution in [0.5, 0.6) is 0 Å². The summed E-state index contributed by atoms with van der Waals surface area (Å²) >= 11 is 5.62. The average molecular weight is 532 g/mol. The summed E-state index contributed by atoms with van der Waals surface area (Å²) in [6.45, 7) is 3.66. The van der Waals surface area contributed by atoms with Crippen LogP contribution >= 0.6 is 12.2 Å². The van der Waals surface area contributed by atoms with Crippen molar-refractivity contribution < 1.29 is 17.9 Å². The van der Waals surface area contributed by atoms with Crippen LogP contribution in [0.4, 0.5) is 30.2 Å². The molecule has 0 bridgehead atoms.